The number of halogens is 1. The fourth-order valence-electron chi connectivity index (χ4n) is 2.84. The molecule has 0 fully saturated rings. The molecule has 2 heterocycles. The molecule has 126 valence electrons. The first kappa shape index (κ1) is 16.7. The lowest BCUT2D eigenvalue weighted by molar-refractivity contribution is -0.116. The van der Waals surface area contributed by atoms with Gasteiger partial charge in [-0.1, -0.05) is 18.7 Å². The minimum absolute atomic E-state index is 0.0513. The second-order valence-corrected chi connectivity index (χ2v) is 6.70. The number of carbonyl (C=O) groups excluding carboxylic acids is 1. The van der Waals surface area contributed by atoms with Crippen LogP contribution in [0.3, 0.4) is 0 Å². The van der Waals surface area contributed by atoms with Crippen LogP contribution in [0.1, 0.15) is 30.6 Å². The van der Waals surface area contributed by atoms with E-state index in [-0.39, 0.29) is 29.7 Å². The number of hydrogen-bond acceptors (Lipinski definition) is 4. The summed E-state index contributed by atoms with van der Waals surface area (Å²) >= 11 is 1.50. The summed E-state index contributed by atoms with van der Waals surface area (Å²) < 4.78 is 14.5. The van der Waals surface area contributed by atoms with E-state index in [0.29, 0.717) is 28.6 Å². The molecule has 0 radical (unpaired) electrons. The zero-order valence-electron chi connectivity index (χ0n) is 13.5. The molecule has 0 spiro atoms. The summed E-state index contributed by atoms with van der Waals surface area (Å²) in [5.41, 5.74) is 1.95. The van der Waals surface area contributed by atoms with Gasteiger partial charge in [0, 0.05) is 29.1 Å². The minimum Gasteiger partial charge on any atom is -0.326 e. The second-order valence-electron chi connectivity index (χ2n) is 5.71. The lowest BCUT2D eigenvalue weighted by Crippen LogP contribution is -2.30. The number of thioether (sulfide) groups is 1. The van der Waals surface area contributed by atoms with Gasteiger partial charge in [0.05, 0.1) is 6.04 Å². The molecule has 1 aromatic carbocycles. The van der Waals surface area contributed by atoms with E-state index in [2.05, 4.69) is 10.3 Å². The van der Waals surface area contributed by atoms with Gasteiger partial charge in [0.25, 0.3) is 5.56 Å². The van der Waals surface area contributed by atoms with Gasteiger partial charge in [-0.25, -0.2) is 9.37 Å². The van der Waals surface area contributed by atoms with Crippen molar-refractivity contribution in [2.45, 2.75) is 37.9 Å². The summed E-state index contributed by atoms with van der Waals surface area (Å²) in [6, 6.07) is 5.40. The third-order valence-electron chi connectivity index (χ3n) is 4.06. The summed E-state index contributed by atoms with van der Waals surface area (Å²) in [6.07, 6.45) is 0.808. The molecule has 1 aromatic heterocycles. The maximum absolute atomic E-state index is 12.9. The van der Waals surface area contributed by atoms with Gasteiger partial charge in [-0.15, -0.1) is 0 Å². The van der Waals surface area contributed by atoms with Crippen molar-refractivity contribution in [2.24, 2.45) is 0 Å². The monoisotopic (exact) mass is 347 g/mol. The number of aryl methyl sites for hydroxylation is 1. The van der Waals surface area contributed by atoms with Crippen LogP contribution in [-0.4, -0.2) is 21.2 Å². The van der Waals surface area contributed by atoms with Crippen molar-refractivity contribution < 1.29 is 9.18 Å². The molecule has 0 aliphatic carbocycles. The third kappa shape index (κ3) is 3.21. The summed E-state index contributed by atoms with van der Waals surface area (Å²) in [7, 11) is 0. The zero-order chi connectivity index (χ0) is 17.3. The van der Waals surface area contributed by atoms with E-state index in [1.165, 1.54) is 36.0 Å². The van der Waals surface area contributed by atoms with E-state index < -0.39 is 0 Å². The molecular weight excluding hydrogens is 329 g/mol. The van der Waals surface area contributed by atoms with Crippen LogP contribution >= 0.6 is 11.8 Å². The lowest BCUT2D eigenvalue weighted by Gasteiger charge is -2.15. The smallest absolute Gasteiger partial charge is 0.257 e. The van der Waals surface area contributed by atoms with E-state index >= 15 is 0 Å². The first-order valence-corrected chi connectivity index (χ1v) is 8.78. The summed E-state index contributed by atoms with van der Waals surface area (Å²) in [5, 5.41) is 3.41. The van der Waals surface area contributed by atoms with Gasteiger partial charge in [-0.05, 0) is 37.6 Å². The number of anilines is 1. The molecule has 0 saturated heterocycles. The third-order valence-corrected chi connectivity index (χ3v) is 5.15. The Morgan fingerprint density at radius 3 is 2.79 bits per heavy atom. The van der Waals surface area contributed by atoms with Gasteiger partial charge in [0.1, 0.15) is 5.82 Å². The lowest BCUT2D eigenvalue weighted by atomic mass is 10.1. The molecule has 0 saturated carbocycles. The molecule has 1 aliphatic heterocycles. The molecule has 1 unspecified atom stereocenters. The second kappa shape index (κ2) is 6.76. The van der Waals surface area contributed by atoms with Crippen molar-refractivity contribution >= 4 is 23.4 Å². The van der Waals surface area contributed by atoms with Crippen LogP contribution in [0.5, 0.6) is 0 Å². The Hall–Kier alpha value is -2.15. The van der Waals surface area contributed by atoms with Crippen LogP contribution in [-0.2, 0) is 11.2 Å². The van der Waals surface area contributed by atoms with Gasteiger partial charge in [-0.2, -0.15) is 0 Å². The average Bonchev–Trinajstić information content (AvgIpc) is 2.92. The number of rotatable bonds is 4. The van der Waals surface area contributed by atoms with Gasteiger partial charge >= 0.3 is 0 Å². The maximum Gasteiger partial charge on any atom is 0.257 e. The normalized spacial score (nSPS) is 16.0. The Bertz CT molecular complexity index is 833. The van der Waals surface area contributed by atoms with Crippen molar-refractivity contribution in [1.29, 1.82) is 0 Å². The standard InChI is InChI=1S/C17H18FN3O2S/c1-3-14-10(2)19-17-21(16(14)23)13(9-24-17)8-15(22)20-12-6-4-11(18)5-7-12/h4-7,13H,3,8-9H2,1-2H3,(H,20,22). The predicted molar refractivity (Wildman–Crippen MR) is 92.0 cm³/mol. The van der Waals surface area contributed by atoms with Gasteiger partial charge < -0.3 is 5.32 Å². The SMILES string of the molecule is CCc1c(C)nc2n(c1=O)C(CC(=O)Nc1ccc(F)cc1)CS2. The molecule has 2 aromatic rings. The number of nitrogens with zero attached hydrogens (tertiary/aromatic N) is 2. The van der Waals surface area contributed by atoms with Crippen molar-refractivity contribution in [3.63, 3.8) is 0 Å². The topological polar surface area (TPSA) is 64.0 Å². The first-order chi connectivity index (χ1) is 11.5. The van der Waals surface area contributed by atoms with E-state index in [9.17, 15) is 14.0 Å². The Morgan fingerprint density at radius 1 is 1.42 bits per heavy atom. The molecule has 1 aliphatic rings. The van der Waals surface area contributed by atoms with Gasteiger partial charge in [0.2, 0.25) is 5.91 Å². The predicted octanol–water partition coefficient (Wildman–Crippen LogP) is 2.93. The molecule has 1 amide bonds. The minimum atomic E-state index is -0.353. The fourth-order valence-corrected chi connectivity index (χ4v) is 4.02. The van der Waals surface area contributed by atoms with Crippen molar-refractivity contribution in [2.75, 3.05) is 11.1 Å². The number of amides is 1. The first-order valence-electron chi connectivity index (χ1n) is 7.79. The average molecular weight is 347 g/mol. The van der Waals surface area contributed by atoms with Crippen molar-refractivity contribution in [3.8, 4) is 0 Å². The Labute approximate surface area is 143 Å². The van der Waals surface area contributed by atoms with Crippen molar-refractivity contribution in [3.05, 3.63) is 51.7 Å². The Morgan fingerprint density at radius 2 is 2.12 bits per heavy atom. The van der Waals surface area contributed by atoms with E-state index in [1.807, 2.05) is 13.8 Å². The summed E-state index contributed by atoms with van der Waals surface area (Å²) in [5.74, 6) is 0.0888. The highest BCUT2D eigenvalue weighted by atomic mass is 32.2. The molecule has 0 bridgehead atoms. The van der Waals surface area contributed by atoms with E-state index in [4.69, 9.17) is 0 Å². The highest BCUT2D eigenvalue weighted by Gasteiger charge is 2.28. The van der Waals surface area contributed by atoms with Crippen LogP contribution in [0, 0.1) is 12.7 Å². The number of hydrogen-bond donors (Lipinski definition) is 1. The van der Waals surface area contributed by atoms with E-state index in [1.54, 1.807) is 4.57 Å². The molecule has 5 nitrogen and oxygen atoms in total. The summed E-state index contributed by atoms with van der Waals surface area (Å²) in [6.45, 7) is 3.77. The number of benzene rings is 1. The number of aromatic nitrogens is 2. The van der Waals surface area contributed by atoms with Gasteiger partial charge in [-0.3, -0.25) is 14.2 Å². The van der Waals surface area contributed by atoms with Crippen LogP contribution in [0.4, 0.5) is 10.1 Å². The molecule has 24 heavy (non-hydrogen) atoms. The zero-order valence-corrected chi connectivity index (χ0v) is 14.3. The quantitative estimate of drug-likeness (QED) is 0.864. The summed E-state index contributed by atoms with van der Waals surface area (Å²) in [4.78, 5) is 29.4. The molecule has 7 heteroatoms. The Kier molecular flexibility index (Phi) is 4.71. The van der Waals surface area contributed by atoms with Gasteiger partial charge in [0.15, 0.2) is 5.16 Å². The number of nitrogens with one attached hydrogen (secondary N) is 1. The molecule has 3 rings (SSSR count). The number of carbonyl (C=O) groups is 1. The van der Waals surface area contributed by atoms with Crippen LogP contribution < -0.4 is 10.9 Å². The van der Waals surface area contributed by atoms with Crippen molar-refractivity contribution in [1.82, 2.24) is 9.55 Å². The molecule has 1 N–H and O–H groups in total. The van der Waals surface area contributed by atoms with Crippen LogP contribution in [0.2, 0.25) is 0 Å². The highest BCUT2D eigenvalue weighted by Crippen LogP contribution is 2.32. The molecular formula is C17H18FN3O2S. The molecule has 1 atom stereocenters. The van der Waals surface area contributed by atoms with Crippen LogP contribution in [0.15, 0.2) is 34.2 Å². The fraction of sp³-hybridized carbons (Fsp3) is 0.353. The Balaban J connectivity index is 1.78. The maximum atomic E-state index is 12.9. The highest BCUT2D eigenvalue weighted by molar-refractivity contribution is 7.99. The number of fused-ring (bicyclic) bond motifs is 1. The largest absolute Gasteiger partial charge is 0.326 e. The van der Waals surface area contributed by atoms with Crippen LogP contribution in [0.25, 0.3) is 0 Å². The van der Waals surface area contributed by atoms with E-state index in [0.717, 1.165) is 5.69 Å².